The van der Waals surface area contributed by atoms with Crippen molar-refractivity contribution in [3.8, 4) is 0 Å². The summed E-state index contributed by atoms with van der Waals surface area (Å²) in [6.07, 6.45) is 10.7. The van der Waals surface area contributed by atoms with Crippen molar-refractivity contribution < 1.29 is 0 Å². The minimum Gasteiger partial charge on any atom is -0.334 e. The average Bonchev–Trinajstić information content (AvgIpc) is 3.07. The first kappa shape index (κ1) is 12.2. The minimum atomic E-state index is 0.238. The lowest BCUT2D eigenvalue weighted by Gasteiger charge is -2.30. The van der Waals surface area contributed by atoms with Crippen LogP contribution in [0, 0.1) is 17.8 Å². The number of hydrogen-bond acceptors (Lipinski definition) is 3. The van der Waals surface area contributed by atoms with Crippen LogP contribution in [0.2, 0.25) is 0 Å². The fourth-order valence-corrected chi connectivity index (χ4v) is 4.12. The lowest BCUT2D eigenvalue weighted by molar-refractivity contribution is 0.240. The topological polar surface area (TPSA) is 55.9 Å². The van der Waals surface area contributed by atoms with Crippen LogP contribution in [-0.4, -0.2) is 9.55 Å². The van der Waals surface area contributed by atoms with E-state index in [-0.39, 0.29) is 6.04 Å². The molecule has 0 aliphatic heterocycles. The molecule has 0 radical (unpaired) electrons. The van der Waals surface area contributed by atoms with E-state index in [4.69, 9.17) is 5.84 Å². The van der Waals surface area contributed by atoms with Crippen LogP contribution in [0.3, 0.4) is 0 Å². The van der Waals surface area contributed by atoms with Crippen molar-refractivity contribution in [2.75, 3.05) is 0 Å². The number of nitrogens with one attached hydrogen (secondary N) is 1. The molecule has 100 valence electrons. The van der Waals surface area contributed by atoms with Gasteiger partial charge in [-0.3, -0.25) is 5.84 Å². The number of imidazole rings is 1. The molecule has 1 aromatic rings. The molecule has 4 unspecified atom stereocenters. The van der Waals surface area contributed by atoms with Gasteiger partial charge in [-0.05, 0) is 43.4 Å². The monoisotopic (exact) mass is 248 g/mol. The molecule has 0 aromatic carbocycles. The van der Waals surface area contributed by atoms with Gasteiger partial charge in [-0.2, -0.15) is 0 Å². The Labute approximate surface area is 109 Å². The third-order valence-electron chi connectivity index (χ3n) is 4.89. The van der Waals surface area contributed by atoms with Crippen molar-refractivity contribution in [1.82, 2.24) is 15.0 Å². The average molecular weight is 248 g/mol. The van der Waals surface area contributed by atoms with Gasteiger partial charge in [-0.1, -0.05) is 13.3 Å². The molecule has 2 saturated carbocycles. The van der Waals surface area contributed by atoms with Crippen molar-refractivity contribution in [1.29, 1.82) is 0 Å². The first-order chi connectivity index (χ1) is 8.83. The summed E-state index contributed by atoms with van der Waals surface area (Å²) in [5.74, 6) is 9.47. The lowest BCUT2D eigenvalue weighted by atomic mass is 9.83. The second-order valence-electron chi connectivity index (χ2n) is 5.96. The van der Waals surface area contributed by atoms with Crippen molar-refractivity contribution >= 4 is 0 Å². The maximum absolute atomic E-state index is 5.84. The predicted octanol–water partition coefficient (Wildman–Crippen LogP) is 2.23. The number of rotatable bonds is 5. The van der Waals surface area contributed by atoms with Gasteiger partial charge >= 0.3 is 0 Å². The number of nitrogens with two attached hydrogens (primary N) is 1. The van der Waals surface area contributed by atoms with Gasteiger partial charge in [0, 0.05) is 18.9 Å². The fraction of sp³-hybridized carbons (Fsp3) is 0.786. The molecule has 0 saturated heterocycles. The van der Waals surface area contributed by atoms with Crippen molar-refractivity contribution in [3.05, 3.63) is 18.2 Å². The Bertz CT molecular complexity index is 400. The number of nitrogens with zero attached hydrogens (tertiary/aromatic N) is 2. The van der Waals surface area contributed by atoms with Crippen molar-refractivity contribution in [2.45, 2.75) is 51.6 Å². The smallest absolute Gasteiger partial charge is 0.127 e. The Balaban J connectivity index is 1.81. The molecule has 3 N–H and O–H groups in total. The first-order valence-corrected chi connectivity index (χ1v) is 7.30. The highest BCUT2D eigenvalue weighted by atomic mass is 15.3. The molecule has 4 nitrogen and oxygen atoms in total. The van der Waals surface area contributed by atoms with Crippen LogP contribution in [-0.2, 0) is 6.54 Å². The molecule has 4 atom stereocenters. The fourth-order valence-electron chi connectivity index (χ4n) is 4.12. The number of hydrazine groups is 1. The van der Waals surface area contributed by atoms with Crippen molar-refractivity contribution in [3.63, 3.8) is 0 Å². The highest BCUT2D eigenvalue weighted by Gasteiger charge is 2.44. The van der Waals surface area contributed by atoms with E-state index in [1.54, 1.807) is 0 Å². The highest BCUT2D eigenvalue weighted by molar-refractivity contribution is 5.06. The maximum atomic E-state index is 5.84. The molecule has 0 spiro atoms. The van der Waals surface area contributed by atoms with Crippen LogP contribution < -0.4 is 11.3 Å². The molecule has 3 rings (SSSR count). The van der Waals surface area contributed by atoms with Gasteiger partial charge in [-0.25, -0.2) is 10.4 Å². The minimum absolute atomic E-state index is 0.238. The van der Waals surface area contributed by atoms with Crippen LogP contribution in [0.4, 0.5) is 0 Å². The van der Waals surface area contributed by atoms with E-state index in [9.17, 15) is 0 Å². The van der Waals surface area contributed by atoms with E-state index in [1.807, 2.05) is 6.20 Å². The largest absolute Gasteiger partial charge is 0.334 e. The molecule has 2 fully saturated rings. The Morgan fingerprint density at radius 1 is 1.50 bits per heavy atom. The summed E-state index contributed by atoms with van der Waals surface area (Å²) in [5.41, 5.74) is 3.05. The Morgan fingerprint density at radius 2 is 2.39 bits per heavy atom. The van der Waals surface area contributed by atoms with E-state index >= 15 is 0 Å². The summed E-state index contributed by atoms with van der Waals surface area (Å²) in [7, 11) is 0. The van der Waals surface area contributed by atoms with Gasteiger partial charge in [0.25, 0.3) is 0 Å². The van der Waals surface area contributed by atoms with Gasteiger partial charge in [0.15, 0.2) is 0 Å². The SMILES string of the molecule is CCCn1ccnc1C(NN)C1CC2CCC1C2. The molecule has 4 heteroatoms. The van der Waals surface area contributed by atoms with E-state index in [0.29, 0.717) is 5.92 Å². The van der Waals surface area contributed by atoms with Gasteiger partial charge in [0.05, 0.1) is 6.04 Å². The number of aryl methyl sites for hydroxylation is 1. The molecule has 2 aliphatic carbocycles. The van der Waals surface area contributed by atoms with E-state index < -0.39 is 0 Å². The number of hydrogen-bond donors (Lipinski definition) is 2. The first-order valence-electron chi connectivity index (χ1n) is 7.30. The molecular weight excluding hydrogens is 224 g/mol. The normalized spacial score (nSPS) is 32.0. The molecule has 18 heavy (non-hydrogen) atoms. The number of aromatic nitrogens is 2. The van der Waals surface area contributed by atoms with E-state index in [2.05, 4.69) is 28.1 Å². The summed E-state index contributed by atoms with van der Waals surface area (Å²) in [5, 5.41) is 0. The molecule has 1 aromatic heterocycles. The highest BCUT2D eigenvalue weighted by Crippen LogP contribution is 2.52. The van der Waals surface area contributed by atoms with Crippen molar-refractivity contribution in [2.24, 2.45) is 23.6 Å². The summed E-state index contributed by atoms with van der Waals surface area (Å²) in [4.78, 5) is 4.55. The number of fused-ring (bicyclic) bond motifs is 2. The molecule has 1 heterocycles. The van der Waals surface area contributed by atoms with Crippen LogP contribution in [0.1, 0.15) is 50.9 Å². The molecule has 2 aliphatic rings. The zero-order chi connectivity index (χ0) is 12.5. The second kappa shape index (κ2) is 5.02. The van der Waals surface area contributed by atoms with Gasteiger partial charge in [0.2, 0.25) is 0 Å². The zero-order valence-electron chi connectivity index (χ0n) is 11.2. The third kappa shape index (κ3) is 1.97. The van der Waals surface area contributed by atoms with Gasteiger partial charge in [0.1, 0.15) is 5.82 Å². The second-order valence-corrected chi connectivity index (χ2v) is 5.96. The molecule has 0 amide bonds. The van der Waals surface area contributed by atoms with Gasteiger partial charge in [-0.15, -0.1) is 0 Å². The van der Waals surface area contributed by atoms with Crippen LogP contribution >= 0.6 is 0 Å². The lowest BCUT2D eigenvalue weighted by Crippen LogP contribution is -2.37. The standard InChI is InChI=1S/C14H24N4/c1-2-6-18-7-5-16-14(18)13(17-15)12-9-10-3-4-11(12)8-10/h5,7,10-13,17H,2-4,6,8-9,15H2,1H3. The van der Waals surface area contributed by atoms with Gasteiger partial charge < -0.3 is 4.57 Å². The van der Waals surface area contributed by atoms with Crippen LogP contribution in [0.15, 0.2) is 12.4 Å². The molecular formula is C14H24N4. The Hall–Kier alpha value is -0.870. The predicted molar refractivity (Wildman–Crippen MR) is 71.5 cm³/mol. The summed E-state index contributed by atoms with van der Waals surface area (Å²) in [6, 6.07) is 0.238. The zero-order valence-corrected chi connectivity index (χ0v) is 11.2. The van der Waals surface area contributed by atoms with Crippen LogP contribution in [0.25, 0.3) is 0 Å². The molecule has 2 bridgehead atoms. The van der Waals surface area contributed by atoms with E-state index in [0.717, 1.165) is 30.6 Å². The maximum Gasteiger partial charge on any atom is 0.127 e. The summed E-state index contributed by atoms with van der Waals surface area (Å²) < 4.78 is 2.26. The third-order valence-corrected chi connectivity index (χ3v) is 4.89. The van der Waals surface area contributed by atoms with Crippen LogP contribution in [0.5, 0.6) is 0 Å². The summed E-state index contributed by atoms with van der Waals surface area (Å²) >= 11 is 0. The Kier molecular flexibility index (Phi) is 3.39. The Morgan fingerprint density at radius 3 is 3.00 bits per heavy atom. The quantitative estimate of drug-likeness (QED) is 0.620. The summed E-state index contributed by atoms with van der Waals surface area (Å²) in [6.45, 7) is 3.24. The van der Waals surface area contributed by atoms with E-state index in [1.165, 1.54) is 25.7 Å².